The second kappa shape index (κ2) is 8.47. The number of hydrogen-bond acceptors (Lipinski definition) is 3. The first-order valence-corrected chi connectivity index (χ1v) is 9.49. The van der Waals surface area contributed by atoms with Gasteiger partial charge in [0.1, 0.15) is 0 Å². The lowest BCUT2D eigenvalue weighted by Gasteiger charge is -2.37. The number of amides is 2. The molecule has 2 amide bonds. The summed E-state index contributed by atoms with van der Waals surface area (Å²) in [4.78, 5) is 29.0. The summed E-state index contributed by atoms with van der Waals surface area (Å²) in [6.07, 6.45) is 0. The molecule has 3 rings (SSSR count). The lowest BCUT2D eigenvalue weighted by molar-refractivity contribution is -0.121. The number of benzene rings is 2. The molecule has 1 aliphatic rings. The van der Waals surface area contributed by atoms with Crippen LogP contribution in [0.3, 0.4) is 0 Å². The third-order valence-electron chi connectivity index (χ3n) is 4.66. The first-order valence-electron chi connectivity index (χ1n) is 8.69. The number of halogens is 1. The zero-order chi connectivity index (χ0) is 18.5. The predicted octanol–water partition coefficient (Wildman–Crippen LogP) is 3.23. The first-order chi connectivity index (χ1) is 12.5. The van der Waals surface area contributed by atoms with E-state index < -0.39 is 0 Å². The first kappa shape index (κ1) is 18.6. The molecule has 0 aliphatic carbocycles. The van der Waals surface area contributed by atoms with Crippen LogP contribution in [0.4, 0.5) is 5.69 Å². The van der Waals surface area contributed by atoms with Crippen LogP contribution in [-0.2, 0) is 4.79 Å². The fourth-order valence-corrected chi connectivity index (χ4v) is 3.29. The average Bonchev–Trinajstić information content (AvgIpc) is 2.69. The minimum atomic E-state index is -0.243. The van der Waals surface area contributed by atoms with Gasteiger partial charge in [-0.25, -0.2) is 0 Å². The lowest BCUT2D eigenvalue weighted by Crippen LogP contribution is -2.54. The molecule has 26 heavy (non-hydrogen) atoms. The Morgan fingerprint density at radius 2 is 1.58 bits per heavy atom. The normalized spacial score (nSPS) is 16.2. The van der Waals surface area contributed by atoms with Gasteiger partial charge in [-0.05, 0) is 43.3 Å². The SMILES string of the molecule is C[C@H](C(=O)Nc1ccc(Br)cc1)N1CCN(C(=O)c2ccccc2)CC1. The number of carbonyl (C=O) groups is 2. The zero-order valence-corrected chi connectivity index (χ0v) is 16.3. The van der Waals surface area contributed by atoms with Crippen LogP contribution in [-0.4, -0.2) is 53.8 Å². The highest BCUT2D eigenvalue weighted by molar-refractivity contribution is 9.10. The van der Waals surface area contributed by atoms with Gasteiger partial charge in [0.15, 0.2) is 0 Å². The Kier molecular flexibility index (Phi) is 6.06. The van der Waals surface area contributed by atoms with E-state index in [-0.39, 0.29) is 17.9 Å². The fourth-order valence-electron chi connectivity index (χ4n) is 3.02. The molecule has 136 valence electrons. The molecule has 0 aromatic heterocycles. The van der Waals surface area contributed by atoms with Crippen LogP contribution in [0.1, 0.15) is 17.3 Å². The van der Waals surface area contributed by atoms with Crippen molar-refractivity contribution in [2.24, 2.45) is 0 Å². The Labute approximate surface area is 162 Å². The van der Waals surface area contributed by atoms with Gasteiger partial charge in [-0.15, -0.1) is 0 Å². The van der Waals surface area contributed by atoms with E-state index in [1.165, 1.54) is 0 Å². The molecule has 0 bridgehead atoms. The number of hydrogen-bond donors (Lipinski definition) is 1. The number of rotatable bonds is 4. The molecule has 6 heteroatoms. The third-order valence-corrected chi connectivity index (χ3v) is 5.19. The van der Waals surface area contributed by atoms with Gasteiger partial charge < -0.3 is 10.2 Å². The highest BCUT2D eigenvalue weighted by Crippen LogP contribution is 2.16. The highest BCUT2D eigenvalue weighted by Gasteiger charge is 2.27. The van der Waals surface area contributed by atoms with Gasteiger partial charge in [-0.3, -0.25) is 14.5 Å². The Bertz CT molecular complexity index is 756. The number of nitrogens with one attached hydrogen (secondary N) is 1. The van der Waals surface area contributed by atoms with Crippen molar-refractivity contribution in [3.05, 3.63) is 64.6 Å². The van der Waals surface area contributed by atoms with E-state index in [0.29, 0.717) is 31.7 Å². The Morgan fingerprint density at radius 3 is 2.19 bits per heavy atom. The van der Waals surface area contributed by atoms with Gasteiger partial charge in [0.2, 0.25) is 5.91 Å². The second-order valence-electron chi connectivity index (χ2n) is 6.37. The molecule has 1 N–H and O–H groups in total. The van der Waals surface area contributed by atoms with Gasteiger partial charge in [0.05, 0.1) is 6.04 Å². The molecule has 1 fully saturated rings. The minimum absolute atomic E-state index is 0.0323. The van der Waals surface area contributed by atoms with Gasteiger partial charge in [-0.1, -0.05) is 34.1 Å². The molecular formula is C20H22BrN3O2. The van der Waals surface area contributed by atoms with E-state index in [1.807, 2.05) is 66.4 Å². The maximum absolute atomic E-state index is 12.5. The quantitative estimate of drug-likeness (QED) is 0.833. The van der Waals surface area contributed by atoms with Crippen molar-refractivity contribution in [3.63, 3.8) is 0 Å². The van der Waals surface area contributed by atoms with Crippen molar-refractivity contribution in [1.29, 1.82) is 0 Å². The molecule has 2 aromatic rings. The van der Waals surface area contributed by atoms with Crippen molar-refractivity contribution in [2.75, 3.05) is 31.5 Å². The lowest BCUT2D eigenvalue weighted by atomic mass is 10.1. The summed E-state index contributed by atoms with van der Waals surface area (Å²) in [6.45, 7) is 4.54. The summed E-state index contributed by atoms with van der Waals surface area (Å²) in [5.74, 6) is 0.0207. The summed E-state index contributed by atoms with van der Waals surface area (Å²) < 4.78 is 0.975. The molecule has 0 spiro atoms. The van der Waals surface area contributed by atoms with E-state index in [0.717, 1.165) is 10.2 Å². The standard InChI is InChI=1S/C20H22BrN3O2/c1-15(19(25)22-18-9-7-17(21)8-10-18)23-11-13-24(14-12-23)20(26)16-5-3-2-4-6-16/h2-10,15H,11-14H2,1H3,(H,22,25)/t15-/m1/s1. The molecule has 1 atom stereocenters. The van der Waals surface area contributed by atoms with Crippen LogP contribution in [0, 0.1) is 0 Å². The molecule has 5 nitrogen and oxygen atoms in total. The third kappa shape index (κ3) is 4.51. The van der Waals surface area contributed by atoms with E-state index in [1.54, 1.807) is 0 Å². The Morgan fingerprint density at radius 1 is 0.962 bits per heavy atom. The second-order valence-corrected chi connectivity index (χ2v) is 7.28. The smallest absolute Gasteiger partial charge is 0.253 e. The number of nitrogens with zero attached hydrogens (tertiary/aromatic N) is 2. The van der Waals surface area contributed by atoms with Crippen LogP contribution in [0.15, 0.2) is 59.1 Å². The van der Waals surface area contributed by atoms with E-state index in [2.05, 4.69) is 26.1 Å². The Hall–Kier alpha value is -2.18. The van der Waals surface area contributed by atoms with Crippen LogP contribution in [0.25, 0.3) is 0 Å². The minimum Gasteiger partial charge on any atom is -0.336 e. The topological polar surface area (TPSA) is 52.7 Å². The number of piperazine rings is 1. The zero-order valence-electron chi connectivity index (χ0n) is 14.7. The maximum atomic E-state index is 12.5. The van der Waals surface area contributed by atoms with Gasteiger partial charge in [0, 0.05) is 41.9 Å². The van der Waals surface area contributed by atoms with E-state index in [4.69, 9.17) is 0 Å². The molecular weight excluding hydrogens is 394 g/mol. The largest absolute Gasteiger partial charge is 0.336 e. The summed E-state index contributed by atoms with van der Waals surface area (Å²) in [5, 5.41) is 2.94. The van der Waals surface area contributed by atoms with Gasteiger partial charge in [0.25, 0.3) is 5.91 Å². The molecule has 2 aromatic carbocycles. The summed E-state index contributed by atoms with van der Waals surface area (Å²) in [5.41, 5.74) is 1.49. The molecule has 0 unspecified atom stereocenters. The monoisotopic (exact) mass is 415 g/mol. The van der Waals surface area contributed by atoms with E-state index >= 15 is 0 Å². The van der Waals surface area contributed by atoms with Crippen molar-refractivity contribution in [1.82, 2.24) is 9.80 Å². The molecule has 0 saturated carbocycles. The number of anilines is 1. The summed E-state index contributed by atoms with van der Waals surface area (Å²) >= 11 is 3.38. The number of carbonyl (C=O) groups excluding carboxylic acids is 2. The van der Waals surface area contributed by atoms with Gasteiger partial charge >= 0.3 is 0 Å². The van der Waals surface area contributed by atoms with Gasteiger partial charge in [-0.2, -0.15) is 0 Å². The van der Waals surface area contributed by atoms with Crippen molar-refractivity contribution >= 4 is 33.4 Å². The van der Waals surface area contributed by atoms with Crippen molar-refractivity contribution < 1.29 is 9.59 Å². The van der Waals surface area contributed by atoms with Crippen molar-refractivity contribution in [2.45, 2.75) is 13.0 Å². The Balaban J connectivity index is 1.53. The fraction of sp³-hybridized carbons (Fsp3) is 0.300. The molecule has 1 saturated heterocycles. The van der Waals surface area contributed by atoms with Crippen molar-refractivity contribution in [3.8, 4) is 0 Å². The average molecular weight is 416 g/mol. The summed E-state index contributed by atoms with van der Waals surface area (Å²) in [7, 11) is 0. The van der Waals surface area contributed by atoms with Crippen LogP contribution in [0.2, 0.25) is 0 Å². The highest BCUT2D eigenvalue weighted by atomic mass is 79.9. The van der Waals surface area contributed by atoms with Crippen LogP contribution < -0.4 is 5.32 Å². The van der Waals surface area contributed by atoms with E-state index in [9.17, 15) is 9.59 Å². The maximum Gasteiger partial charge on any atom is 0.253 e. The predicted molar refractivity (Wildman–Crippen MR) is 106 cm³/mol. The molecule has 1 heterocycles. The van der Waals surface area contributed by atoms with Crippen LogP contribution in [0.5, 0.6) is 0 Å². The molecule has 1 aliphatic heterocycles. The summed E-state index contributed by atoms with van der Waals surface area (Å²) in [6, 6.07) is 16.6. The van der Waals surface area contributed by atoms with Crippen LogP contribution >= 0.6 is 15.9 Å². The molecule has 0 radical (unpaired) electrons.